The molecular weight excluding hydrogens is 407 g/mol. The average Bonchev–Trinajstić information content (AvgIpc) is 3.01. The molecule has 0 spiro atoms. The van der Waals surface area contributed by atoms with E-state index in [1.165, 1.54) is 12.1 Å². The highest BCUT2D eigenvalue weighted by molar-refractivity contribution is 5.76. The number of nitrogens with one attached hydrogen (secondary N) is 1. The van der Waals surface area contributed by atoms with Gasteiger partial charge in [0.25, 0.3) is 0 Å². The Morgan fingerprint density at radius 3 is 2.40 bits per heavy atom. The fourth-order valence-electron chi connectivity index (χ4n) is 3.14. The standard InChI is InChI=1S/C20H26F3NO6/c1-18(2,3)30-17(27)24-19(12-28-11-15(19)16(25)26)13-5-7-14(8-6-13)29-10-4-9-20(21,22)23/h5-8,15H,4,9-12H2,1-3H3,(H,24,27)(H,25,26)/t15-,19+/m0/s1. The molecule has 1 heterocycles. The second-order valence-corrected chi connectivity index (χ2v) is 8.10. The molecule has 1 fully saturated rings. The third kappa shape index (κ3) is 6.51. The SMILES string of the molecule is CC(C)(C)OC(=O)N[C@@]1(c2ccc(OCCCC(F)(F)F)cc2)COC[C@H]1C(=O)O. The van der Waals surface area contributed by atoms with E-state index in [2.05, 4.69) is 5.32 Å². The van der Waals surface area contributed by atoms with E-state index in [1.54, 1.807) is 32.9 Å². The Labute approximate surface area is 172 Å². The van der Waals surface area contributed by atoms with Crippen molar-refractivity contribution in [1.29, 1.82) is 0 Å². The van der Waals surface area contributed by atoms with Gasteiger partial charge in [0.05, 0.1) is 19.8 Å². The molecule has 10 heteroatoms. The molecule has 0 bridgehead atoms. The predicted octanol–water partition coefficient (Wildman–Crippen LogP) is 3.86. The van der Waals surface area contributed by atoms with Crippen molar-refractivity contribution in [3.63, 3.8) is 0 Å². The maximum Gasteiger partial charge on any atom is 0.408 e. The van der Waals surface area contributed by atoms with Crippen LogP contribution in [0.1, 0.15) is 39.2 Å². The number of halogens is 3. The average molecular weight is 433 g/mol. The smallest absolute Gasteiger partial charge is 0.408 e. The van der Waals surface area contributed by atoms with Crippen LogP contribution in [0.4, 0.5) is 18.0 Å². The summed E-state index contributed by atoms with van der Waals surface area (Å²) in [5.74, 6) is -1.86. The van der Waals surface area contributed by atoms with E-state index in [4.69, 9.17) is 14.2 Å². The summed E-state index contributed by atoms with van der Waals surface area (Å²) >= 11 is 0. The number of benzene rings is 1. The molecule has 0 unspecified atom stereocenters. The van der Waals surface area contributed by atoms with Gasteiger partial charge in [0.2, 0.25) is 0 Å². The molecule has 1 aromatic rings. The third-order valence-corrected chi connectivity index (χ3v) is 4.47. The van der Waals surface area contributed by atoms with Gasteiger partial charge in [-0.2, -0.15) is 13.2 Å². The van der Waals surface area contributed by atoms with Crippen molar-refractivity contribution in [2.45, 2.75) is 50.9 Å². The number of carboxylic acids is 1. The van der Waals surface area contributed by atoms with Crippen LogP contribution >= 0.6 is 0 Å². The minimum atomic E-state index is -4.23. The Kier molecular flexibility index (Phi) is 7.23. The number of hydrogen-bond acceptors (Lipinski definition) is 5. The minimum absolute atomic E-state index is 0.0744. The van der Waals surface area contributed by atoms with Crippen LogP contribution in [0.3, 0.4) is 0 Å². The van der Waals surface area contributed by atoms with Crippen LogP contribution in [-0.2, 0) is 19.8 Å². The summed E-state index contributed by atoms with van der Waals surface area (Å²) < 4.78 is 52.6. The van der Waals surface area contributed by atoms with E-state index < -0.39 is 41.7 Å². The fourth-order valence-corrected chi connectivity index (χ4v) is 3.14. The summed E-state index contributed by atoms with van der Waals surface area (Å²) in [5, 5.41) is 12.3. The molecule has 7 nitrogen and oxygen atoms in total. The first kappa shape index (κ1) is 23.8. The molecule has 2 atom stereocenters. The van der Waals surface area contributed by atoms with Gasteiger partial charge >= 0.3 is 18.2 Å². The van der Waals surface area contributed by atoms with Crippen LogP contribution in [0, 0.1) is 5.92 Å². The molecule has 0 radical (unpaired) electrons. The summed E-state index contributed by atoms with van der Waals surface area (Å²) in [7, 11) is 0. The van der Waals surface area contributed by atoms with E-state index in [0.29, 0.717) is 11.3 Å². The normalized spacial score (nSPS) is 21.9. The first-order chi connectivity index (χ1) is 13.8. The topological polar surface area (TPSA) is 94.1 Å². The van der Waals surface area contributed by atoms with Crippen molar-refractivity contribution in [1.82, 2.24) is 5.32 Å². The molecule has 1 saturated heterocycles. The van der Waals surface area contributed by atoms with E-state index in [1.807, 2.05) is 0 Å². The van der Waals surface area contributed by atoms with E-state index in [9.17, 15) is 27.9 Å². The zero-order valence-electron chi connectivity index (χ0n) is 17.0. The number of aliphatic carboxylic acids is 1. The minimum Gasteiger partial charge on any atom is -0.494 e. The quantitative estimate of drug-likeness (QED) is 0.635. The van der Waals surface area contributed by atoms with Gasteiger partial charge in [0.1, 0.15) is 22.8 Å². The molecule has 1 aliphatic rings. The molecule has 1 aromatic carbocycles. The number of ether oxygens (including phenoxy) is 3. The number of amides is 1. The van der Waals surface area contributed by atoms with Crippen molar-refractivity contribution in [2.24, 2.45) is 5.92 Å². The van der Waals surface area contributed by atoms with Crippen LogP contribution in [0.5, 0.6) is 5.75 Å². The van der Waals surface area contributed by atoms with Gasteiger partial charge in [-0.05, 0) is 44.9 Å². The summed E-state index contributed by atoms with van der Waals surface area (Å²) in [4.78, 5) is 24.2. The van der Waals surface area contributed by atoms with Crippen LogP contribution in [0.25, 0.3) is 0 Å². The van der Waals surface area contributed by atoms with Crippen LogP contribution in [-0.4, -0.2) is 48.8 Å². The van der Waals surface area contributed by atoms with Crippen molar-refractivity contribution in [3.05, 3.63) is 29.8 Å². The summed E-state index contributed by atoms with van der Waals surface area (Å²) in [6, 6.07) is 6.14. The lowest BCUT2D eigenvalue weighted by Gasteiger charge is -2.34. The van der Waals surface area contributed by atoms with Gasteiger partial charge in [-0.3, -0.25) is 4.79 Å². The highest BCUT2D eigenvalue weighted by Gasteiger charge is 2.51. The number of carboxylic acid groups (broad SMARTS) is 1. The lowest BCUT2D eigenvalue weighted by Crippen LogP contribution is -2.54. The highest BCUT2D eigenvalue weighted by atomic mass is 19.4. The summed E-state index contributed by atoms with van der Waals surface area (Å²) in [5.41, 5.74) is -1.68. The van der Waals surface area contributed by atoms with Gasteiger partial charge in [0, 0.05) is 6.42 Å². The molecule has 0 aliphatic carbocycles. The van der Waals surface area contributed by atoms with Crippen molar-refractivity contribution in [3.8, 4) is 5.75 Å². The number of rotatable bonds is 7. The van der Waals surface area contributed by atoms with Gasteiger partial charge in [0.15, 0.2) is 0 Å². The van der Waals surface area contributed by atoms with Crippen molar-refractivity contribution in [2.75, 3.05) is 19.8 Å². The third-order valence-electron chi connectivity index (χ3n) is 4.47. The zero-order valence-corrected chi connectivity index (χ0v) is 17.0. The van der Waals surface area contributed by atoms with Gasteiger partial charge in [-0.1, -0.05) is 12.1 Å². The van der Waals surface area contributed by atoms with E-state index in [0.717, 1.165) is 0 Å². The molecule has 0 saturated carbocycles. The zero-order chi connectivity index (χ0) is 22.6. The molecular formula is C20H26F3NO6. The number of carbonyl (C=O) groups is 2. The monoisotopic (exact) mass is 433 g/mol. The van der Waals surface area contributed by atoms with Crippen LogP contribution in [0.2, 0.25) is 0 Å². The fraction of sp³-hybridized carbons (Fsp3) is 0.600. The first-order valence-electron chi connectivity index (χ1n) is 9.44. The molecule has 1 aliphatic heterocycles. The maximum absolute atomic E-state index is 12.4. The van der Waals surface area contributed by atoms with Gasteiger partial charge < -0.3 is 24.6 Å². The first-order valence-corrected chi connectivity index (χ1v) is 9.44. The summed E-state index contributed by atoms with van der Waals surface area (Å²) in [6.45, 7) is 4.77. The van der Waals surface area contributed by atoms with E-state index >= 15 is 0 Å². The molecule has 2 rings (SSSR count). The molecule has 0 aromatic heterocycles. The summed E-state index contributed by atoms with van der Waals surface area (Å²) in [6.07, 6.45) is -6.14. The lowest BCUT2D eigenvalue weighted by molar-refractivity contribution is -0.143. The number of carbonyl (C=O) groups excluding carboxylic acids is 1. The van der Waals surface area contributed by atoms with Crippen molar-refractivity contribution >= 4 is 12.1 Å². The Morgan fingerprint density at radius 2 is 1.87 bits per heavy atom. The Balaban J connectivity index is 2.17. The van der Waals surface area contributed by atoms with Gasteiger partial charge in [-0.25, -0.2) is 4.79 Å². The van der Waals surface area contributed by atoms with Gasteiger partial charge in [-0.15, -0.1) is 0 Å². The molecule has 30 heavy (non-hydrogen) atoms. The molecule has 2 N–H and O–H groups in total. The van der Waals surface area contributed by atoms with Crippen molar-refractivity contribution < 1.29 is 42.1 Å². The highest BCUT2D eigenvalue weighted by Crippen LogP contribution is 2.37. The number of alkyl halides is 3. The largest absolute Gasteiger partial charge is 0.494 e. The molecule has 168 valence electrons. The second kappa shape index (κ2) is 9.11. The Morgan fingerprint density at radius 1 is 1.23 bits per heavy atom. The van der Waals surface area contributed by atoms with E-state index in [-0.39, 0.29) is 26.2 Å². The predicted molar refractivity (Wildman–Crippen MR) is 100 cm³/mol. The lowest BCUT2D eigenvalue weighted by atomic mass is 9.80. The van der Waals surface area contributed by atoms with Crippen LogP contribution in [0.15, 0.2) is 24.3 Å². The second-order valence-electron chi connectivity index (χ2n) is 8.10. The molecule has 1 amide bonds. The van der Waals surface area contributed by atoms with Crippen LogP contribution < -0.4 is 10.1 Å². The Bertz CT molecular complexity index is 744. The number of alkyl carbamates (subject to hydrolysis) is 1. The maximum atomic E-state index is 12.4. The Hall–Kier alpha value is -2.49. The number of hydrogen-bond donors (Lipinski definition) is 2.